The van der Waals surface area contributed by atoms with E-state index in [1.54, 1.807) is 6.20 Å². The van der Waals surface area contributed by atoms with Crippen molar-refractivity contribution >= 4 is 17.5 Å². The topological polar surface area (TPSA) is 51.2 Å². The van der Waals surface area contributed by atoms with Crippen molar-refractivity contribution in [3.63, 3.8) is 0 Å². The van der Waals surface area contributed by atoms with Crippen LogP contribution in [0.3, 0.4) is 0 Å². The number of benzene rings is 2. The molecule has 28 heavy (non-hydrogen) atoms. The molecule has 4 nitrogen and oxygen atoms in total. The number of halogens is 1. The number of ether oxygens (including phenoxy) is 1. The monoisotopic (exact) mass is 392 g/mol. The van der Waals surface area contributed by atoms with Gasteiger partial charge in [-0.25, -0.2) is 0 Å². The Kier molecular flexibility index (Phi) is 5.31. The number of hydrogen-bond donors (Lipinski definition) is 1. The third-order valence-corrected chi connectivity index (χ3v) is 5.30. The first-order valence-corrected chi connectivity index (χ1v) is 9.69. The molecule has 1 heterocycles. The Morgan fingerprint density at radius 2 is 1.89 bits per heavy atom. The van der Waals surface area contributed by atoms with E-state index in [4.69, 9.17) is 16.3 Å². The molecule has 0 atom stereocenters. The van der Waals surface area contributed by atoms with Crippen LogP contribution in [0.2, 0.25) is 5.02 Å². The van der Waals surface area contributed by atoms with Crippen molar-refractivity contribution in [1.82, 2.24) is 10.3 Å². The van der Waals surface area contributed by atoms with Crippen LogP contribution in [0.1, 0.15) is 29.7 Å². The molecule has 5 heteroatoms. The van der Waals surface area contributed by atoms with E-state index >= 15 is 0 Å². The summed E-state index contributed by atoms with van der Waals surface area (Å²) >= 11 is 5.97. The smallest absolute Gasteiger partial charge is 0.230 e. The largest absolute Gasteiger partial charge is 0.487 e. The number of amides is 1. The van der Waals surface area contributed by atoms with Gasteiger partial charge in [0.15, 0.2) is 0 Å². The molecule has 2 aromatic carbocycles. The van der Waals surface area contributed by atoms with E-state index in [1.807, 2.05) is 66.7 Å². The fraction of sp³-hybridized carbons (Fsp3) is 0.217. The van der Waals surface area contributed by atoms with Crippen molar-refractivity contribution in [2.45, 2.75) is 31.4 Å². The quantitative estimate of drug-likeness (QED) is 0.636. The lowest BCUT2D eigenvalue weighted by atomic mass is 9.95. The van der Waals surface area contributed by atoms with E-state index in [2.05, 4.69) is 10.3 Å². The van der Waals surface area contributed by atoms with Crippen molar-refractivity contribution in [3.8, 4) is 5.75 Å². The lowest BCUT2D eigenvalue weighted by Gasteiger charge is -2.16. The van der Waals surface area contributed by atoms with Crippen LogP contribution in [0, 0.1) is 0 Å². The van der Waals surface area contributed by atoms with Crippen LogP contribution in [0.15, 0.2) is 72.9 Å². The highest BCUT2D eigenvalue weighted by Gasteiger charge is 2.51. The van der Waals surface area contributed by atoms with Crippen molar-refractivity contribution in [2.75, 3.05) is 0 Å². The third-order valence-electron chi connectivity index (χ3n) is 5.05. The fourth-order valence-corrected chi connectivity index (χ4v) is 3.40. The average molecular weight is 393 g/mol. The highest BCUT2D eigenvalue weighted by atomic mass is 35.5. The molecule has 0 bridgehead atoms. The molecule has 0 aliphatic heterocycles. The maximum Gasteiger partial charge on any atom is 0.230 e. The molecule has 1 fully saturated rings. The van der Waals surface area contributed by atoms with Gasteiger partial charge in [0.25, 0.3) is 0 Å². The number of hydrogen-bond acceptors (Lipinski definition) is 3. The predicted octanol–water partition coefficient (Wildman–Crippen LogP) is 4.66. The molecule has 4 rings (SSSR count). The van der Waals surface area contributed by atoms with Crippen LogP contribution >= 0.6 is 11.6 Å². The molecule has 1 aliphatic carbocycles. The lowest BCUT2D eigenvalue weighted by molar-refractivity contribution is -0.123. The zero-order valence-corrected chi connectivity index (χ0v) is 16.2. The second kappa shape index (κ2) is 8.03. The van der Waals surface area contributed by atoms with E-state index in [-0.39, 0.29) is 5.91 Å². The van der Waals surface area contributed by atoms with Crippen LogP contribution in [-0.4, -0.2) is 10.9 Å². The van der Waals surface area contributed by atoms with E-state index in [0.717, 1.165) is 35.4 Å². The number of nitrogens with one attached hydrogen (secondary N) is 1. The van der Waals surface area contributed by atoms with E-state index in [1.165, 1.54) is 0 Å². The van der Waals surface area contributed by atoms with Crippen LogP contribution in [0.5, 0.6) is 5.75 Å². The number of carbonyl (C=O) groups is 1. The minimum absolute atomic E-state index is 0.0645. The minimum Gasteiger partial charge on any atom is -0.487 e. The second-order valence-electron chi connectivity index (χ2n) is 7.03. The van der Waals surface area contributed by atoms with Gasteiger partial charge in [0, 0.05) is 17.8 Å². The third kappa shape index (κ3) is 4.18. The Morgan fingerprint density at radius 1 is 1.07 bits per heavy atom. The molecule has 1 amide bonds. The van der Waals surface area contributed by atoms with Crippen LogP contribution < -0.4 is 10.1 Å². The first-order chi connectivity index (χ1) is 13.7. The molecule has 0 unspecified atom stereocenters. The van der Waals surface area contributed by atoms with Crippen molar-refractivity contribution in [2.24, 2.45) is 0 Å². The summed E-state index contributed by atoms with van der Waals surface area (Å²) in [4.78, 5) is 17.1. The molecular formula is C23H21ClN2O2. The number of rotatable bonds is 7. The Balaban J connectivity index is 1.36. The highest BCUT2D eigenvalue weighted by molar-refractivity contribution is 6.30. The van der Waals surface area contributed by atoms with Gasteiger partial charge in [0.05, 0.1) is 11.1 Å². The summed E-state index contributed by atoms with van der Waals surface area (Å²) in [6.45, 7) is 0.880. The normalized spacial score (nSPS) is 14.3. The molecule has 3 aromatic rings. The van der Waals surface area contributed by atoms with Gasteiger partial charge >= 0.3 is 0 Å². The van der Waals surface area contributed by atoms with Gasteiger partial charge < -0.3 is 10.1 Å². The molecule has 1 N–H and O–H groups in total. The van der Waals surface area contributed by atoms with E-state index < -0.39 is 5.41 Å². The standard InChI is InChI=1S/C23H21ClN2O2/c24-19-9-7-18(8-10-19)23(11-12-23)22(27)26-15-17-4-3-6-21(14-17)28-16-20-5-1-2-13-25-20/h1-10,13-14H,11-12,15-16H2,(H,26,27). The Bertz CT molecular complexity index is 954. The van der Waals surface area contributed by atoms with Crippen molar-refractivity contribution in [3.05, 3.63) is 94.8 Å². The molecule has 0 spiro atoms. The van der Waals surface area contributed by atoms with Crippen LogP contribution in [-0.2, 0) is 23.4 Å². The number of pyridine rings is 1. The summed E-state index contributed by atoms with van der Waals surface area (Å²) in [5.41, 5.74) is 2.50. The zero-order valence-electron chi connectivity index (χ0n) is 15.4. The number of aromatic nitrogens is 1. The van der Waals surface area contributed by atoms with Crippen LogP contribution in [0.25, 0.3) is 0 Å². The molecule has 1 aliphatic rings. The maximum atomic E-state index is 12.8. The molecule has 0 saturated heterocycles. The predicted molar refractivity (Wildman–Crippen MR) is 109 cm³/mol. The summed E-state index contributed by atoms with van der Waals surface area (Å²) in [6, 6.07) is 21.1. The summed E-state index contributed by atoms with van der Waals surface area (Å²) < 4.78 is 5.81. The first-order valence-electron chi connectivity index (χ1n) is 9.32. The second-order valence-corrected chi connectivity index (χ2v) is 7.47. The van der Waals surface area contributed by atoms with Gasteiger partial charge in [-0.05, 0) is 60.4 Å². The molecule has 0 radical (unpaired) electrons. The van der Waals surface area contributed by atoms with Gasteiger partial charge in [0.2, 0.25) is 5.91 Å². The van der Waals surface area contributed by atoms with Crippen molar-refractivity contribution < 1.29 is 9.53 Å². The van der Waals surface area contributed by atoms with Crippen molar-refractivity contribution in [1.29, 1.82) is 0 Å². The SMILES string of the molecule is O=C(NCc1cccc(OCc2ccccn2)c1)C1(c2ccc(Cl)cc2)CC1. The van der Waals surface area contributed by atoms with Gasteiger partial charge in [-0.3, -0.25) is 9.78 Å². The summed E-state index contributed by atoms with van der Waals surface area (Å²) in [5.74, 6) is 0.825. The maximum absolute atomic E-state index is 12.8. The number of nitrogens with zero attached hydrogens (tertiary/aromatic N) is 1. The minimum atomic E-state index is -0.405. The van der Waals surface area contributed by atoms with Gasteiger partial charge in [-0.2, -0.15) is 0 Å². The zero-order chi connectivity index (χ0) is 19.4. The van der Waals surface area contributed by atoms with Gasteiger partial charge in [-0.15, -0.1) is 0 Å². The fourth-order valence-electron chi connectivity index (χ4n) is 3.28. The van der Waals surface area contributed by atoms with Crippen LogP contribution in [0.4, 0.5) is 0 Å². The summed E-state index contributed by atoms with van der Waals surface area (Å²) in [5, 5.41) is 3.76. The molecule has 142 valence electrons. The van der Waals surface area contributed by atoms with E-state index in [0.29, 0.717) is 18.2 Å². The average Bonchev–Trinajstić information content (AvgIpc) is 3.54. The lowest BCUT2D eigenvalue weighted by Crippen LogP contribution is -2.34. The van der Waals surface area contributed by atoms with Gasteiger partial charge in [0.1, 0.15) is 12.4 Å². The first kappa shape index (κ1) is 18.5. The molecule has 1 aromatic heterocycles. The number of carbonyl (C=O) groups excluding carboxylic acids is 1. The highest BCUT2D eigenvalue weighted by Crippen LogP contribution is 2.48. The Morgan fingerprint density at radius 3 is 2.61 bits per heavy atom. The Hall–Kier alpha value is -2.85. The summed E-state index contributed by atoms with van der Waals surface area (Å²) in [7, 11) is 0. The Labute approximate surface area is 169 Å². The summed E-state index contributed by atoms with van der Waals surface area (Å²) in [6.07, 6.45) is 3.49. The molecular weight excluding hydrogens is 372 g/mol. The van der Waals surface area contributed by atoms with E-state index in [9.17, 15) is 4.79 Å². The molecule has 1 saturated carbocycles. The van der Waals surface area contributed by atoms with Gasteiger partial charge in [-0.1, -0.05) is 41.9 Å².